The molecule has 15 heavy (non-hydrogen) atoms. The maximum atomic E-state index is 13.6. The Balaban J connectivity index is 2.78. The number of hydrogen-bond donors (Lipinski definition) is 2. The summed E-state index contributed by atoms with van der Waals surface area (Å²) in [5, 5.41) is 3.02. The van der Waals surface area contributed by atoms with E-state index in [-0.39, 0.29) is 5.82 Å². The first-order valence-corrected chi connectivity index (χ1v) is 5.02. The van der Waals surface area contributed by atoms with E-state index in [1.54, 1.807) is 25.1 Å². The average molecular weight is 208 g/mol. The lowest BCUT2D eigenvalue weighted by Gasteiger charge is -2.04. The van der Waals surface area contributed by atoms with Crippen molar-refractivity contribution in [3.63, 3.8) is 0 Å². The fourth-order valence-electron chi connectivity index (χ4n) is 1.29. The Morgan fingerprint density at radius 1 is 1.47 bits per heavy atom. The van der Waals surface area contributed by atoms with Gasteiger partial charge in [-0.15, -0.1) is 0 Å². The molecule has 0 spiro atoms. The third kappa shape index (κ3) is 3.06. The highest BCUT2D eigenvalue weighted by atomic mass is 19.1. The molecule has 1 aromatic carbocycles. The van der Waals surface area contributed by atoms with Crippen LogP contribution in [-0.4, -0.2) is 13.6 Å². The minimum absolute atomic E-state index is 0.226. The number of nitrogens with one attached hydrogen (secondary N) is 1. The summed E-state index contributed by atoms with van der Waals surface area (Å²) in [6, 6.07) is 3.43. The number of nitrogen functional groups attached to an aromatic ring is 1. The quantitative estimate of drug-likeness (QED) is 0.588. The van der Waals surface area contributed by atoms with Gasteiger partial charge in [0, 0.05) is 16.8 Å². The van der Waals surface area contributed by atoms with Gasteiger partial charge in [0.2, 0.25) is 0 Å². The maximum Gasteiger partial charge on any atom is 0.135 e. The number of benzene rings is 1. The van der Waals surface area contributed by atoms with Crippen molar-refractivity contribution in [1.29, 1.82) is 0 Å². The van der Waals surface area contributed by atoms with E-state index in [1.165, 1.54) is 0 Å². The standard InChI is InChI=1S/C12H17FN2/c1-9-11(14)7-6-10(12(9)13)5-3-4-8-15-2/h3,5-7,15H,4,8,14H2,1-2H3. The maximum absolute atomic E-state index is 13.6. The Morgan fingerprint density at radius 3 is 2.87 bits per heavy atom. The summed E-state index contributed by atoms with van der Waals surface area (Å²) in [5.74, 6) is -0.226. The molecule has 3 N–H and O–H groups in total. The van der Waals surface area contributed by atoms with Crippen molar-refractivity contribution in [3.8, 4) is 0 Å². The highest BCUT2D eigenvalue weighted by Gasteiger charge is 2.04. The van der Waals surface area contributed by atoms with Gasteiger partial charge in [-0.05, 0) is 39.1 Å². The first-order valence-electron chi connectivity index (χ1n) is 5.02. The van der Waals surface area contributed by atoms with Gasteiger partial charge in [0.15, 0.2) is 0 Å². The SMILES string of the molecule is CNCCC=Cc1ccc(N)c(C)c1F. The van der Waals surface area contributed by atoms with Crippen LogP contribution in [0, 0.1) is 12.7 Å². The molecule has 1 aromatic rings. The normalized spacial score (nSPS) is 11.1. The van der Waals surface area contributed by atoms with Gasteiger partial charge in [-0.1, -0.05) is 12.2 Å². The van der Waals surface area contributed by atoms with Crippen LogP contribution in [-0.2, 0) is 0 Å². The Bertz CT molecular complexity index is 359. The van der Waals surface area contributed by atoms with Crippen molar-refractivity contribution in [2.24, 2.45) is 0 Å². The molecule has 0 radical (unpaired) electrons. The fourth-order valence-corrected chi connectivity index (χ4v) is 1.29. The lowest BCUT2D eigenvalue weighted by Crippen LogP contribution is -2.05. The zero-order valence-corrected chi connectivity index (χ0v) is 9.18. The predicted octanol–water partition coefficient (Wildman–Crippen LogP) is 2.34. The van der Waals surface area contributed by atoms with E-state index in [9.17, 15) is 4.39 Å². The highest BCUT2D eigenvalue weighted by molar-refractivity contribution is 5.58. The summed E-state index contributed by atoms with van der Waals surface area (Å²) in [6.45, 7) is 2.58. The molecule has 0 aliphatic heterocycles. The number of nitrogens with two attached hydrogens (primary N) is 1. The number of anilines is 1. The van der Waals surface area contributed by atoms with E-state index >= 15 is 0 Å². The molecule has 0 aliphatic carbocycles. The summed E-state index contributed by atoms with van der Waals surface area (Å²) >= 11 is 0. The van der Waals surface area contributed by atoms with Gasteiger partial charge in [0.25, 0.3) is 0 Å². The van der Waals surface area contributed by atoms with E-state index in [1.807, 2.05) is 13.1 Å². The number of rotatable bonds is 4. The summed E-state index contributed by atoms with van der Waals surface area (Å²) in [6.07, 6.45) is 4.63. The molecule has 0 aromatic heterocycles. The van der Waals surface area contributed by atoms with Gasteiger partial charge >= 0.3 is 0 Å². The van der Waals surface area contributed by atoms with Crippen LogP contribution >= 0.6 is 0 Å². The molecule has 0 fully saturated rings. The highest BCUT2D eigenvalue weighted by Crippen LogP contribution is 2.19. The van der Waals surface area contributed by atoms with Crippen LogP contribution in [0.5, 0.6) is 0 Å². The van der Waals surface area contributed by atoms with Crippen LogP contribution in [0.1, 0.15) is 17.5 Å². The topological polar surface area (TPSA) is 38.0 Å². The fraction of sp³-hybridized carbons (Fsp3) is 0.333. The van der Waals surface area contributed by atoms with Gasteiger partial charge in [-0.2, -0.15) is 0 Å². The Kier molecular flexibility index (Phi) is 4.31. The molecule has 0 heterocycles. The van der Waals surface area contributed by atoms with Crippen molar-refractivity contribution >= 4 is 11.8 Å². The van der Waals surface area contributed by atoms with Gasteiger partial charge in [0.05, 0.1) is 0 Å². The molecule has 0 bridgehead atoms. The molecule has 3 heteroatoms. The van der Waals surface area contributed by atoms with Crippen molar-refractivity contribution in [1.82, 2.24) is 5.32 Å². The van der Waals surface area contributed by atoms with Crippen molar-refractivity contribution in [2.45, 2.75) is 13.3 Å². The van der Waals surface area contributed by atoms with Gasteiger partial charge in [-0.25, -0.2) is 4.39 Å². The first-order chi connectivity index (χ1) is 7.16. The van der Waals surface area contributed by atoms with Crippen molar-refractivity contribution in [2.75, 3.05) is 19.3 Å². The molecule has 1 rings (SSSR count). The molecule has 2 nitrogen and oxygen atoms in total. The second-order valence-corrected chi connectivity index (χ2v) is 3.48. The molecule has 0 saturated carbocycles. The first kappa shape index (κ1) is 11.7. The summed E-state index contributed by atoms with van der Waals surface area (Å²) < 4.78 is 13.6. The lowest BCUT2D eigenvalue weighted by atomic mass is 10.1. The third-order valence-corrected chi connectivity index (χ3v) is 2.32. The molecule has 0 aliphatic rings. The second-order valence-electron chi connectivity index (χ2n) is 3.48. The molecular weight excluding hydrogens is 191 g/mol. The Labute approximate surface area is 90.0 Å². The van der Waals surface area contributed by atoms with Crippen LogP contribution < -0.4 is 11.1 Å². The molecule has 0 amide bonds. The lowest BCUT2D eigenvalue weighted by molar-refractivity contribution is 0.616. The molecule has 0 unspecified atom stereocenters. The van der Waals surface area contributed by atoms with E-state index in [4.69, 9.17) is 5.73 Å². The van der Waals surface area contributed by atoms with Crippen LogP contribution in [0.15, 0.2) is 18.2 Å². The minimum Gasteiger partial charge on any atom is -0.398 e. The Morgan fingerprint density at radius 2 is 2.20 bits per heavy atom. The van der Waals surface area contributed by atoms with Gasteiger partial charge < -0.3 is 11.1 Å². The molecule has 82 valence electrons. The van der Waals surface area contributed by atoms with E-state index in [0.717, 1.165) is 13.0 Å². The van der Waals surface area contributed by atoms with E-state index < -0.39 is 0 Å². The number of hydrogen-bond acceptors (Lipinski definition) is 2. The minimum atomic E-state index is -0.226. The van der Waals surface area contributed by atoms with Crippen LogP contribution in [0.3, 0.4) is 0 Å². The zero-order valence-electron chi connectivity index (χ0n) is 9.18. The van der Waals surface area contributed by atoms with Crippen molar-refractivity contribution in [3.05, 3.63) is 35.2 Å². The van der Waals surface area contributed by atoms with Crippen molar-refractivity contribution < 1.29 is 4.39 Å². The zero-order chi connectivity index (χ0) is 11.3. The van der Waals surface area contributed by atoms with E-state index in [2.05, 4.69) is 5.32 Å². The number of halogens is 1. The van der Waals surface area contributed by atoms with Crippen LogP contribution in [0.25, 0.3) is 6.08 Å². The summed E-state index contributed by atoms with van der Waals surface area (Å²) in [4.78, 5) is 0. The third-order valence-electron chi connectivity index (χ3n) is 2.32. The van der Waals surface area contributed by atoms with E-state index in [0.29, 0.717) is 16.8 Å². The van der Waals surface area contributed by atoms with Gasteiger partial charge in [-0.3, -0.25) is 0 Å². The monoisotopic (exact) mass is 208 g/mol. The second kappa shape index (κ2) is 5.51. The Hall–Kier alpha value is -1.35. The van der Waals surface area contributed by atoms with Crippen LogP contribution in [0.2, 0.25) is 0 Å². The average Bonchev–Trinajstić information content (AvgIpc) is 2.24. The molecule has 0 atom stereocenters. The van der Waals surface area contributed by atoms with Crippen LogP contribution in [0.4, 0.5) is 10.1 Å². The summed E-state index contributed by atoms with van der Waals surface area (Å²) in [5.41, 5.74) is 7.21. The smallest absolute Gasteiger partial charge is 0.135 e. The van der Waals surface area contributed by atoms with Gasteiger partial charge in [0.1, 0.15) is 5.82 Å². The summed E-state index contributed by atoms with van der Waals surface area (Å²) in [7, 11) is 1.89. The molecule has 0 saturated heterocycles. The molecular formula is C12H17FN2. The largest absolute Gasteiger partial charge is 0.398 e. The predicted molar refractivity (Wildman–Crippen MR) is 63.1 cm³/mol.